The van der Waals surface area contributed by atoms with E-state index >= 15 is 0 Å². The summed E-state index contributed by atoms with van der Waals surface area (Å²) in [5.41, 5.74) is 6.49. The number of hydrogen-bond donors (Lipinski definition) is 2. The fourth-order valence-electron chi connectivity index (χ4n) is 2.29. The number of benzene rings is 2. The van der Waals surface area contributed by atoms with Crippen LogP contribution < -0.4 is 11.3 Å². The molecule has 2 nitrogen and oxygen atoms in total. The first-order valence-corrected chi connectivity index (χ1v) is 7.83. The molecule has 0 bridgehead atoms. The number of hydrogen-bond acceptors (Lipinski definition) is 2. The van der Waals surface area contributed by atoms with Crippen molar-refractivity contribution >= 4 is 15.9 Å². The van der Waals surface area contributed by atoms with Gasteiger partial charge in [-0.2, -0.15) is 0 Å². The zero-order valence-electron chi connectivity index (χ0n) is 12.1. The minimum absolute atomic E-state index is 0.160. The standard InChI is InChI=1S/C17H20BrFN2/c1-12-2-4-13(5-3-12)6-9-16(21-20)10-14-7-8-15(19)11-17(14)18/h2-5,7-8,11,16,21H,6,9-10,20H2,1H3. The Balaban J connectivity index is 1.95. The quantitative estimate of drug-likeness (QED) is 0.612. The van der Waals surface area contributed by atoms with Crippen LogP contribution in [0.1, 0.15) is 23.1 Å². The van der Waals surface area contributed by atoms with Crippen molar-refractivity contribution in [3.05, 3.63) is 69.4 Å². The Bertz CT molecular complexity index is 584. The first-order chi connectivity index (χ1) is 10.1. The molecule has 0 aliphatic rings. The van der Waals surface area contributed by atoms with Gasteiger partial charge in [-0.25, -0.2) is 4.39 Å². The highest BCUT2D eigenvalue weighted by atomic mass is 79.9. The SMILES string of the molecule is Cc1ccc(CCC(Cc2ccc(F)cc2Br)NN)cc1. The Hall–Kier alpha value is -1.23. The number of halogens is 2. The number of nitrogens with two attached hydrogens (primary N) is 1. The lowest BCUT2D eigenvalue weighted by Crippen LogP contribution is -2.37. The van der Waals surface area contributed by atoms with Gasteiger partial charge in [0.2, 0.25) is 0 Å². The summed E-state index contributed by atoms with van der Waals surface area (Å²) in [5.74, 6) is 5.42. The van der Waals surface area contributed by atoms with E-state index in [0.717, 1.165) is 29.3 Å². The van der Waals surface area contributed by atoms with E-state index in [1.54, 1.807) is 6.07 Å². The molecule has 4 heteroatoms. The van der Waals surface area contributed by atoms with Gasteiger partial charge >= 0.3 is 0 Å². The topological polar surface area (TPSA) is 38.0 Å². The Kier molecular flexibility index (Phi) is 5.91. The summed E-state index contributed by atoms with van der Waals surface area (Å²) in [6.45, 7) is 2.08. The lowest BCUT2D eigenvalue weighted by molar-refractivity contribution is 0.490. The molecule has 0 aromatic heterocycles. The highest BCUT2D eigenvalue weighted by molar-refractivity contribution is 9.10. The maximum atomic E-state index is 13.1. The molecule has 112 valence electrons. The number of hydrazine groups is 1. The molecule has 0 aliphatic heterocycles. The average Bonchev–Trinajstić information content (AvgIpc) is 2.47. The van der Waals surface area contributed by atoms with Gasteiger partial charge in [-0.3, -0.25) is 11.3 Å². The van der Waals surface area contributed by atoms with Gasteiger partial charge in [0.15, 0.2) is 0 Å². The monoisotopic (exact) mass is 350 g/mol. The van der Waals surface area contributed by atoms with Crippen molar-refractivity contribution in [3.8, 4) is 0 Å². The minimum Gasteiger partial charge on any atom is -0.271 e. The maximum Gasteiger partial charge on any atom is 0.124 e. The molecular weight excluding hydrogens is 331 g/mol. The van der Waals surface area contributed by atoms with Crippen LogP contribution in [0.25, 0.3) is 0 Å². The largest absolute Gasteiger partial charge is 0.271 e. The normalized spacial score (nSPS) is 12.4. The molecule has 0 spiro atoms. The third-order valence-corrected chi connectivity index (χ3v) is 4.36. The van der Waals surface area contributed by atoms with Crippen molar-refractivity contribution in [2.75, 3.05) is 0 Å². The summed E-state index contributed by atoms with van der Waals surface area (Å²) < 4.78 is 13.9. The molecule has 3 N–H and O–H groups in total. The van der Waals surface area contributed by atoms with Gasteiger partial charge < -0.3 is 0 Å². The van der Waals surface area contributed by atoms with Crippen LogP contribution in [0, 0.1) is 12.7 Å². The molecule has 0 saturated heterocycles. The van der Waals surface area contributed by atoms with Crippen molar-refractivity contribution in [2.45, 2.75) is 32.2 Å². The van der Waals surface area contributed by atoms with E-state index in [1.165, 1.54) is 23.3 Å². The van der Waals surface area contributed by atoms with E-state index < -0.39 is 0 Å². The molecule has 0 fully saturated rings. The van der Waals surface area contributed by atoms with Crippen molar-refractivity contribution in [2.24, 2.45) is 5.84 Å². The Morgan fingerprint density at radius 3 is 2.52 bits per heavy atom. The molecule has 0 saturated carbocycles. The zero-order valence-corrected chi connectivity index (χ0v) is 13.7. The van der Waals surface area contributed by atoms with E-state index in [0.29, 0.717) is 0 Å². The predicted octanol–water partition coefficient (Wildman–Crippen LogP) is 3.90. The first kappa shape index (κ1) is 16.1. The van der Waals surface area contributed by atoms with Crippen molar-refractivity contribution < 1.29 is 4.39 Å². The molecule has 21 heavy (non-hydrogen) atoms. The molecule has 0 amide bonds. The second-order valence-corrected chi connectivity index (χ2v) is 6.18. The van der Waals surface area contributed by atoms with Gasteiger partial charge in [-0.05, 0) is 49.4 Å². The Morgan fingerprint density at radius 2 is 1.90 bits per heavy atom. The van der Waals surface area contributed by atoms with Crippen LogP contribution in [-0.4, -0.2) is 6.04 Å². The van der Waals surface area contributed by atoms with Gasteiger partial charge in [0, 0.05) is 10.5 Å². The van der Waals surface area contributed by atoms with Crippen LogP contribution in [0.15, 0.2) is 46.9 Å². The van der Waals surface area contributed by atoms with Crippen LogP contribution in [0.3, 0.4) is 0 Å². The minimum atomic E-state index is -0.234. The third-order valence-electron chi connectivity index (χ3n) is 3.62. The summed E-state index contributed by atoms with van der Waals surface area (Å²) in [6.07, 6.45) is 2.67. The lowest BCUT2D eigenvalue weighted by Gasteiger charge is -2.17. The van der Waals surface area contributed by atoms with Crippen LogP contribution in [0.4, 0.5) is 4.39 Å². The van der Waals surface area contributed by atoms with Crippen LogP contribution in [0.5, 0.6) is 0 Å². The summed E-state index contributed by atoms with van der Waals surface area (Å²) in [5, 5.41) is 0. The number of aryl methyl sites for hydroxylation is 2. The smallest absolute Gasteiger partial charge is 0.124 e. The third kappa shape index (κ3) is 4.92. The zero-order chi connectivity index (χ0) is 15.2. The summed E-state index contributed by atoms with van der Waals surface area (Å²) in [7, 11) is 0. The van der Waals surface area contributed by atoms with E-state index in [-0.39, 0.29) is 11.9 Å². The summed E-state index contributed by atoms with van der Waals surface area (Å²) in [4.78, 5) is 0. The molecule has 2 aromatic rings. The highest BCUT2D eigenvalue weighted by Gasteiger charge is 2.11. The van der Waals surface area contributed by atoms with E-state index in [1.807, 2.05) is 0 Å². The van der Waals surface area contributed by atoms with E-state index in [2.05, 4.69) is 52.5 Å². The van der Waals surface area contributed by atoms with Gasteiger partial charge in [0.1, 0.15) is 5.82 Å². The van der Waals surface area contributed by atoms with Crippen molar-refractivity contribution in [1.82, 2.24) is 5.43 Å². The second-order valence-electron chi connectivity index (χ2n) is 5.33. The van der Waals surface area contributed by atoms with Crippen LogP contribution >= 0.6 is 15.9 Å². The van der Waals surface area contributed by atoms with Crippen molar-refractivity contribution in [1.29, 1.82) is 0 Å². The lowest BCUT2D eigenvalue weighted by atomic mass is 9.99. The van der Waals surface area contributed by atoms with Gasteiger partial charge in [0.05, 0.1) is 0 Å². The summed E-state index contributed by atoms with van der Waals surface area (Å²) in [6, 6.07) is 13.5. The molecule has 1 unspecified atom stereocenters. The number of nitrogens with one attached hydrogen (secondary N) is 1. The Morgan fingerprint density at radius 1 is 1.19 bits per heavy atom. The second kappa shape index (κ2) is 7.69. The summed E-state index contributed by atoms with van der Waals surface area (Å²) >= 11 is 3.40. The predicted molar refractivity (Wildman–Crippen MR) is 88.4 cm³/mol. The molecule has 0 radical (unpaired) electrons. The molecule has 0 aliphatic carbocycles. The fourth-order valence-corrected chi connectivity index (χ4v) is 2.81. The average molecular weight is 351 g/mol. The fraction of sp³-hybridized carbons (Fsp3) is 0.294. The van der Waals surface area contributed by atoms with Gasteiger partial charge in [-0.1, -0.05) is 51.8 Å². The molecule has 0 heterocycles. The van der Waals surface area contributed by atoms with Crippen LogP contribution in [-0.2, 0) is 12.8 Å². The molecule has 2 aromatic carbocycles. The molecule has 1 atom stereocenters. The first-order valence-electron chi connectivity index (χ1n) is 7.04. The highest BCUT2D eigenvalue weighted by Crippen LogP contribution is 2.20. The van der Waals surface area contributed by atoms with Gasteiger partial charge in [0.25, 0.3) is 0 Å². The molecule has 2 rings (SSSR count). The maximum absolute atomic E-state index is 13.1. The molecular formula is C17H20BrFN2. The Labute approximate surface area is 133 Å². The number of rotatable bonds is 6. The van der Waals surface area contributed by atoms with Crippen LogP contribution in [0.2, 0.25) is 0 Å². The van der Waals surface area contributed by atoms with Gasteiger partial charge in [-0.15, -0.1) is 0 Å². The van der Waals surface area contributed by atoms with E-state index in [4.69, 9.17) is 5.84 Å². The van der Waals surface area contributed by atoms with E-state index in [9.17, 15) is 4.39 Å². The van der Waals surface area contributed by atoms with Crippen molar-refractivity contribution in [3.63, 3.8) is 0 Å².